The summed E-state index contributed by atoms with van der Waals surface area (Å²) in [4.78, 5) is 27.6. The second-order valence-corrected chi connectivity index (χ2v) is 7.95. The third kappa shape index (κ3) is 5.05. The van der Waals surface area contributed by atoms with Gasteiger partial charge in [0.2, 0.25) is 0 Å². The smallest absolute Gasteiger partial charge is 0.433 e. The number of carbonyl (C=O) groups excluding carboxylic acids is 1. The molecule has 3 rings (SSSR count). The number of carboxylic acid groups (broad SMARTS) is 1. The minimum atomic E-state index is -4.73. The van der Waals surface area contributed by atoms with E-state index < -0.39 is 35.0 Å². The highest BCUT2D eigenvalue weighted by molar-refractivity contribution is 6.09. The summed E-state index contributed by atoms with van der Waals surface area (Å²) in [6.45, 7) is 5.44. The van der Waals surface area contributed by atoms with Gasteiger partial charge >= 0.3 is 12.1 Å². The lowest BCUT2D eigenvalue weighted by Crippen LogP contribution is -2.21. The fourth-order valence-corrected chi connectivity index (χ4v) is 3.09. The molecule has 2 heterocycles. The number of amides is 1. The van der Waals surface area contributed by atoms with E-state index in [4.69, 9.17) is 0 Å². The van der Waals surface area contributed by atoms with Crippen LogP contribution < -0.4 is 5.32 Å². The monoisotopic (exact) mass is 450 g/mol. The Bertz CT molecular complexity index is 1200. The Balaban J connectivity index is 1.98. The van der Waals surface area contributed by atoms with Crippen LogP contribution in [0.4, 0.5) is 18.9 Å². The second-order valence-electron chi connectivity index (χ2n) is 7.95. The highest BCUT2D eigenvalue weighted by atomic mass is 19.4. The minimum absolute atomic E-state index is 0.0978. The predicted octanol–water partition coefficient (Wildman–Crippen LogP) is 3.87. The summed E-state index contributed by atoms with van der Waals surface area (Å²) < 4.78 is 40.3. The van der Waals surface area contributed by atoms with Gasteiger partial charge in [-0.1, -0.05) is 6.07 Å². The van der Waals surface area contributed by atoms with Gasteiger partial charge in [-0.3, -0.25) is 9.48 Å². The quantitative estimate of drug-likeness (QED) is 0.525. The maximum absolute atomic E-state index is 12.9. The number of nitrogens with zero attached hydrogens (tertiary/aromatic N) is 3. The maximum Gasteiger partial charge on any atom is 0.433 e. The molecular formula is C21H21F3N4O4. The van der Waals surface area contributed by atoms with Crippen molar-refractivity contribution in [2.75, 3.05) is 5.32 Å². The largest absolute Gasteiger partial charge is 0.478 e. The van der Waals surface area contributed by atoms with E-state index in [-0.39, 0.29) is 11.3 Å². The van der Waals surface area contributed by atoms with Gasteiger partial charge in [0.15, 0.2) is 0 Å². The van der Waals surface area contributed by atoms with Crippen LogP contribution >= 0.6 is 0 Å². The van der Waals surface area contributed by atoms with E-state index in [0.717, 1.165) is 18.2 Å². The van der Waals surface area contributed by atoms with Gasteiger partial charge in [-0.25, -0.2) is 9.78 Å². The molecule has 0 aliphatic carbocycles. The lowest BCUT2D eigenvalue weighted by atomic mass is 10.1. The molecule has 170 valence electrons. The Hall–Kier alpha value is -3.47. The molecule has 11 heteroatoms. The van der Waals surface area contributed by atoms with Gasteiger partial charge in [0.25, 0.3) is 5.91 Å². The van der Waals surface area contributed by atoms with Crippen molar-refractivity contribution in [1.82, 2.24) is 14.8 Å². The van der Waals surface area contributed by atoms with Gasteiger partial charge in [-0.2, -0.15) is 18.3 Å². The predicted molar refractivity (Wildman–Crippen MR) is 110 cm³/mol. The molecule has 0 bridgehead atoms. The molecule has 1 amide bonds. The summed E-state index contributed by atoms with van der Waals surface area (Å²) in [6.07, 6.45) is -4.32. The van der Waals surface area contributed by atoms with Crippen LogP contribution in [0, 0.1) is 6.92 Å². The van der Waals surface area contributed by atoms with Crippen LogP contribution in [0.5, 0.6) is 0 Å². The van der Waals surface area contributed by atoms with E-state index in [9.17, 15) is 33.0 Å². The molecular weight excluding hydrogens is 429 g/mol. The first-order chi connectivity index (χ1) is 14.8. The van der Waals surface area contributed by atoms with Crippen molar-refractivity contribution in [2.24, 2.45) is 0 Å². The number of rotatable bonds is 6. The number of pyridine rings is 1. The molecule has 32 heavy (non-hydrogen) atoms. The zero-order valence-corrected chi connectivity index (χ0v) is 17.5. The number of anilines is 1. The lowest BCUT2D eigenvalue weighted by molar-refractivity contribution is -0.141. The van der Waals surface area contributed by atoms with Crippen LogP contribution in [0.25, 0.3) is 10.9 Å². The van der Waals surface area contributed by atoms with E-state index in [2.05, 4.69) is 15.4 Å². The SMILES string of the molecule is Cc1c2cc(NC(=O)c3cccc(C(F)(F)F)n3)c(C(=O)O)cc2nn1CCC(C)(C)O. The lowest BCUT2D eigenvalue weighted by Gasteiger charge is -2.17. The van der Waals surface area contributed by atoms with Crippen molar-refractivity contribution >= 4 is 28.5 Å². The van der Waals surface area contributed by atoms with Crippen molar-refractivity contribution < 1.29 is 33.0 Å². The summed E-state index contributed by atoms with van der Waals surface area (Å²) in [5.41, 5.74) is -1.99. The van der Waals surface area contributed by atoms with Gasteiger partial charge in [-0.05, 0) is 51.5 Å². The van der Waals surface area contributed by atoms with Crippen LogP contribution in [-0.4, -0.2) is 42.5 Å². The van der Waals surface area contributed by atoms with Gasteiger partial charge in [-0.15, -0.1) is 0 Å². The molecule has 0 fully saturated rings. The summed E-state index contributed by atoms with van der Waals surface area (Å²) in [6, 6.07) is 5.57. The Morgan fingerprint density at radius 1 is 1.19 bits per heavy atom. The fraction of sp³-hybridized carbons (Fsp3) is 0.333. The minimum Gasteiger partial charge on any atom is -0.478 e. The van der Waals surface area contributed by atoms with E-state index in [1.165, 1.54) is 12.1 Å². The third-order valence-corrected chi connectivity index (χ3v) is 4.83. The number of carbonyl (C=O) groups is 2. The van der Waals surface area contributed by atoms with Crippen LogP contribution in [0.1, 0.15) is 52.5 Å². The second kappa shape index (κ2) is 8.23. The van der Waals surface area contributed by atoms with Crippen molar-refractivity contribution in [3.05, 3.63) is 53.0 Å². The zero-order chi connectivity index (χ0) is 23.8. The van der Waals surface area contributed by atoms with Crippen LogP contribution in [0.3, 0.4) is 0 Å². The number of halogens is 3. The molecule has 8 nitrogen and oxygen atoms in total. The average molecular weight is 450 g/mol. The van der Waals surface area contributed by atoms with Gasteiger partial charge < -0.3 is 15.5 Å². The number of nitrogens with one attached hydrogen (secondary N) is 1. The molecule has 3 aromatic rings. The highest BCUT2D eigenvalue weighted by Gasteiger charge is 2.33. The zero-order valence-electron chi connectivity index (χ0n) is 17.5. The van der Waals surface area contributed by atoms with E-state index in [0.29, 0.717) is 29.6 Å². The Labute approximate surface area is 180 Å². The summed E-state index contributed by atoms with van der Waals surface area (Å²) in [5.74, 6) is -2.33. The highest BCUT2D eigenvalue weighted by Crippen LogP contribution is 2.29. The normalized spacial score (nSPS) is 12.2. The molecule has 0 saturated carbocycles. The van der Waals surface area contributed by atoms with Gasteiger partial charge in [0, 0.05) is 17.6 Å². The van der Waals surface area contributed by atoms with E-state index >= 15 is 0 Å². The number of aryl methyl sites for hydroxylation is 2. The number of fused-ring (bicyclic) bond motifs is 1. The summed E-state index contributed by atoms with van der Waals surface area (Å²) in [5, 5.41) is 26.8. The standard InChI is InChI=1S/C21H21F3N4O4/c1-11-12-9-15(26-18(29)14-5-4-6-17(25-14)21(22,23)24)13(19(30)31)10-16(12)27-28(11)8-7-20(2,3)32/h4-6,9-10,32H,7-8H2,1-3H3,(H,26,29)(H,30,31). The topological polar surface area (TPSA) is 117 Å². The molecule has 3 N–H and O–H groups in total. The number of aromatic nitrogens is 3. The summed E-state index contributed by atoms with van der Waals surface area (Å²) >= 11 is 0. The first kappa shape index (κ1) is 23.2. The van der Waals surface area contributed by atoms with Crippen molar-refractivity contribution in [3.63, 3.8) is 0 Å². The Kier molecular flexibility index (Phi) is 5.96. The first-order valence-corrected chi connectivity index (χ1v) is 9.59. The number of hydrogen-bond acceptors (Lipinski definition) is 5. The molecule has 0 radical (unpaired) electrons. The van der Waals surface area contributed by atoms with Gasteiger partial charge in [0.1, 0.15) is 11.4 Å². The molecule has 0 spiro atoms. The maximum atomic E-state index is 12.9. The summed E-state index contributed by atoms with van der Waals surface area (Å²) in [7, 11) is 0. The number of alkyl halides is 3. The molecule has 1 aromatic carbocycles. The number of aliphatic hydroxyl groups is 1. The van der Waals surface area contributed by atoms with Crippen molar-refractivity contribution in [3.8, 4) is 0 Å². The molecule has 0 aliphatic rings. The molecule has 0 aliphatic heterocycles. The number of benzene rings is 1. The third-order valence-electron chi connectivity index (χ3n) is 4.83. The van der Waals surface area contributed by atoms with E-state index in [1.54, 1.807) is 25.5 Å². The van der Waals surface area contributed by atoms with Crippen molar-refractivity contribution in [2.45, 2.75) is 45.5 Å². The first-order valence-electron chi connectivity index (χ1n) is 9.59. The van der Waals surface area contributed by atoms with Crippen LogP contribution in [0.2, 0.25) is 0 Å². The van der Waals surface area contributed by atoms with Crippen LogP contribution in [0.15, 0.2) is 30.3 Å². The Morgan fingerprint density at radius 2 is 1.88 bits per heavy atom. The molecule has 0 atom stereocenters. The number of hydrogen-bond donors (Lipinski definition) is 3. The molecule has 2 aromatic heterocycles. The van der Waals surface area contributed by atoms with Crippen LogP contribution in [-0.2, 0) is 12.7 Å². The Morgan fingerprint density at radius 3 is 2.47 bits per heavy atom. The fourth-order valence-electron chi connectivity index (χ4n) is 3.09. The molecule has 0 saturated heterocycles. The van der Waals surface area contributed by atoms with E-state index in [1.807, 2.05) is 0 Å². The number of aromatic carboxylic acids is 1. The number of carboxylic acids is 1. The average Bonchev–Trinajstić information content (AvgIpc) is 2.99. The van der Waals surface area contributed by atoms with Gasteiger partial charge in [0.05, 0.1) is 22.4 Å². The molecule has 0 unspecified atom stereocenters. The van der Waals surface area contributed by atoms with Crippen molar-refractivity contribution in [1.29, 1.82) is 0 Å².